The third-order valence-electron chi connectivity index (χ3n) is 3.53. The quantitative estimate of drug-likeness (QED) is 0.310. The highest BCUT2D eigenvalue weighted by atomic mass is 16.5. The number of nitrogens with one attached hydrogen (secondary N) is 2. The topological polar surface area (TPSA) is 107 Å². The van der Waals surface area contributed by atoms with Crippen LogP contribution in [0.25, 0.3) is 0 Å². The number of carbonyl (C=O) groups is 3. The van der Waals surface area contributed by atoms with Gasteiger partial charge in [0.25, 0.3) is 0 Å². The Morgan fingerprint density at radius 2 is 1.56 bits per heavy atom. The fraction of sp³-hybridized carbons (Fsp3) is 0.474. The van der Waals surface area contributed by atoms with Gasteiger partial charge in [-0.05, 0) is 50.3 Å². The van der Waals surface area contributed by atoms with Gasteiger partial charge in [-0.15, -0.1) is 0 Å². The summed E-state index contributed by atoms with van der Waals surface area (Å²) < 4.78 is 10.2. The summed E-state index contributed by atoms with van der Waals surface area (Å²) in [5.74, 6) is -0.578. The van der Waals surface area contributed by atoms with Crippen LogP contribution in [0.1, 0.15) is 42.5 Å². The van der Waals surface area contributed by atoms with Gasteiger partial charge < -0.3 is 20.1 Å². The molecule has 0 aliphatic heterocycles. The van der Waals surface area contributed by atoms with Crippen molar-refractivity contribution < 1.29 is 23.9 Å². The summed E-state index contributed by atoms with van der Waals surface area (Å²) in [5, 5.41) is 5.23. The molecule has 0 unspecified atom stereocenters. The predicted molar refractivity (Wildman–Crippen MR) is 100 cm³/mol. The number of hydrogen-bond donors (Lipinski definition) is 2. The number of hydrogen-bond acceptors (Lipinski definition) is 6. The van der Waals surface area contributed by atoms with Crippen LogP contribution in [-0.4, -0.2) is 49.3 Å². The molecular weight excluding hydrogens is 350 g/mol. The number of nitrogens with zero attached hydrogens (tertiary/aromatic N) is 1. The zero-order valence-electron chi connectivity index (χ0n) is 15.4. The highest BCUT2D eigenvalue weighted by molar-refractivity contribution is 5.89. The standard InChI is InChI=1S/C19H27N3O5/c1-2-17(23)21-10-7-11-22-19(25)27-15-6-4-3-5-14-26-18(24)16-8-12-20-13-9-16/h2,8-9,12-13H,1,3-7,10-11,14-15H2,(H,21,23)(H,22,25). The SMILES string of the molecule is C=CC(=O)NCCCNC(=O)OCCCCCCOC(=O)c1ccncc1. The molecule has 0 radical (unpaired) electrons. The Balaban J connectivity index is 1.89. The molecular formula is C19H27N3O5. The summed E-state index contributed by atoms with van der Waals surface area (Å²) in [5.41, 5.74) is 0.493. The van der Waals surface area contributed by atoms with E-state index >= 15 is 0 Å². The fourth-order valence-electron chi connectivity index (χ4n) is 2.07. The van der Waals surface area contributed by atoms with Crippen molar-refractivity contribution in [1.29, 1.82) is 0 Å². The predicted octanol–water partition coefficient (Wildman–Crippen LogP) is 2.22. The number of ether oxygens (including phenoxy) is 2. The minimum atomic E-state index is -0.462. The molecule has 2 N–H and O–H groups in total. The van der Waals surface area contributed by atoms with Crippen LogP contribution in [0, 0.1) is 0 Å². The van der Waals surface area contributed by atoms with Crippen molar-refractivity contribution in [2.45, 2.75) is 32.1 Å². The van der Waals surface area contributed by atoms with Crippen molar-refractivity contribution >= 4 is 18.0 Å². The van der Waals surface area contributed by atoms with E-state index in [0.717, 1.165) is 25.7 Å². The second kappa shape index (κ2) is 14.3. The largest absolute Gasteiger partial charge is 0.462 e. The third kappa shape index (κ3) is 11.4. The molecule has 8 heteroatoms. The fourth-order valence-corrected chi connectivity index (χ4v) is 2.07. The maximum absolute atomic E-state index is 11.7. The molecule has 0 spiro atoms. The molecule has 0 bridgehead atoms. The van der Waals surface area contributed by atoms with Gasteiger partial charge in [0.05, 0.1) is 18.8 Å². The molecule has 8 nitrogen and oxygen atoms in total. The molecule has 0 aliphatic carbocycles. The average Bonchev–Trinajstić information content (AvgIpc) is 2.69. The first-order chi connectivity index (χ1) is 13.1. The maximum atomic E-state index is 11.7. The molecule has 2 amide bonds. The monoisotopic (exact) mass is 377 g/mol. The van der Waals surface area contributed by atoms with Crippen LogP contribution in [-0.2, 0) is 14.3 Å². The van der Waals surface area contributed by atoms with Gasteiger partial charge in [0.15, 0.2) is 0 Å². The van der Waals surface area contributed by atoms with Gasteiger partial charge in [0.2, 0.25) is 5.91 Å². The van der Waals surface area contributed by atoms with Crippen LogP contribution in [0.5, 0.6) is 0 Å². The Hall–Kier alpha value is -2.90. The van der Waals surface area contributed by atoms with Crippen LogP contribution >= 0.6 is 0 Å². The zero-order chi connectivity index (χ0) is 19.7. The molecule has 148 valence electrons. The molecule has 0 aromatic carbocycles. The third-order valence-corrected chi connectivity index (χ3v) is 3.53. The van der Waals surface area contributed by atoms with E-state index in [1.165, 1.54) is 6.08 Å². The molecule has 0 saturated heterocycles. The number of carbonyl (C=O) groups excluding carboxylic acids is 3. The molecule has 0 aliphatic rings. The number of aromatic nitrogens is 1. The molecule has 27 heavy (non-hydrogen) atoms. The zero-order valence-corrected chi connectivity index (χ0v) is 15.4. The summed E-state index contributed by atoms with van der Waals surface area (Å²) in [6.07, 6.45) is 7.74. The lowest BCUT2D eigenvalue weighted by molar-refractivity contribution is -0.116. The van der Waals surface area contributed by atoms with E-state index in [9.17, 15) is 14.4 Å². The minimum absolute atomic E-state index is 0.232. The smallest absolute Gasteiger partial charge is 0.407 e. The van der Waals surface area contributed by atoms with Crippen LogP contribution in [0.3, 0.4) is 0 Å². The Kier molecular flexibility index (Phi) is 11.7. The molecule has 1 aromatic rings. The normalized spacial score (nSPS) is 9.93. The van der Waals surface area contributed by atoms with E-state index in [-0.39, 0.29) is 11.9 Å². The summed E-state index contributed by atoms with van der Waals surface area (Å²) in [6.45, 7) is 4.96. The van der Waals surface area contributed by atoms with Crippen LogP contribution in [0.2, 0.25) is 0 Å². The first-order valence-corrected chi connectivity index (χ1v) is 9.01. The highest BCUT2D eigenvalue weighted by Gasteiger charge is 2.05. The van der Waals surface area contributed by atoms with E-state index in [4.69, 9.17) is 9.47 Å². The van der Waals surface area contributed by atoms with Gasteiger partial charge >= 0.3 is 12.1 Å². The van der Waals surface area contributed by atoms with Gasteiger partial charge in [-0.3, -0.25) is 9.78 Å². The van der Waals surface area contributed by atoms with Gasteiger partial charge in [0, 0.05) is 25.5 Å². The van der Waals surface area contributed by atoms with Crippen molar-refractivity contribution in [3.05, 3.63) is 42.7 Å². The molecule has 1 rings (SSSR count). The van der Waals surface area contributed by atoms with E-state index < -0.39 is 6.09 Å². The average molecular weight is 377 g/mol. The molecule has 1 aromatic heterocycles. The molecule has 0 fully saturated rings. The number of amides is 2. The number of rotatable bonds is 13. The number of esters is 1. The molecule has 0 atom stereocenters. The second-order valence-corrected chi connectivity index (χ2v) is 5.70. The van der Waals surface area contributed by atoms with Crippen molar-refractivity contribution in [3.8, 4) is 0 Å². The first-order valence-electron chi connectivity index (χ1n) is 9.01. The number of alkyl carbamates (subject to hydrolysis) is 1. The van der Waals surface area contributed by atoms with Crippen molar-refractivity contribution in [2.24, 2.45) is 0 Å². The lowest BCUT2D eigenvalue weighted by atomic mass is 10.2. The lowest BCUT2D eigenvalue weighted by Gasteiger charge is -2.07. The Morgan fingerprint density at radius 3 is 2.22 bits per heavy atom. The first kappa shape index (κ1) is 22.1. The van der Waals surface area contributed by atoms with Gasteiger partial charge in [-0.25, -0.2) is 9.59 Å². The van der Waals surface area contributed by atoms with Crippen molar-refractivity contribution in [1.82, 2.24) is 15.6 Å². The molecule has 0 saturated carbocycles. The highest BCUT2D eigenvalue weighted by Crippen LogP contribution is 2.04. The van der Waals surface area contributed by atoms with E-state index in [2.05, 4.69) is 22.2 Å². The van der Waals surface area contributed by atoms with E-state index in [0.29, 0.717) is 38.3 Å². The van der Waals surface area contributed by atoms with Crippen molar-refractivity contribution in [3.63, 3.8) is 0 Å². The summed E-state index contributed by atoms with van der Waals surface area (Å²) in [6, 6.07) is 3.23. The van der Waals surface area contributed by atoms with Crippen molar-refractivity contribution in [2.75, 3.05) is 26.3 Å². The Bertz CT molecular complexity index is 592. The number of unbranched alkanes of at least 4 members (excludes halogenated alkanes) is 3. The summed E-state index contributed by atoms with van der Waals surface area (Å²) in [7, 11) is 0. The second-order valence-electron chi connectivity index (χ2n) is 5.70. The lowest BCUT2D eigenvalue weighted by Crippen LogP contribution is -2.29. The minimum Gasteiger partial charge on any atom is -0.462 e. The van der Waals surface area contributed by atoms with Gasteiger partial charge in [-0.1, -0.05) is 6.58 Å². The van der Waals surface area contributed by atoms with E-state index in [1.807, 2.05) is 0 Å². The summed E-state index contributed by atoms with van der Waals surface area (Å²) >= 11 is 0. The van der Waals surface area contributed by atoms with Gasteiger partial charge in [-0.2, -0.15) is 0 Å². The maximum Gasteiger partial charge on any atom is 0.407 e. The van der Waals surface area contributed by atoms with E-state index in [1.54, 1.807) is 24.5 Å². The Labute approximate surface area is 159 Å². The van der Waals surface area contributed by atoms with Crippen LogP contribution in [0.4, 0.5) is 4.79 Å². The Morgan fingerprint density at radius 1 is 0.926 bits per heavy atom. The molecule has 1 heterocycles. The van der Waals surface area contributed by atoms with Gasteiger partial charge in [0.1, 0.15) is 0 Å². The number of pyridine rings is 1. The van der Waals surface area contributed by atoms with Crippen LogP contribution < -0.4 is 10.6 Å². The van der Waals surface area contributed by atoms with Crippen LogP contribution in [0.15, 0.2) is 37.2 Å². The summed E-state index contributed by atoms with van der Waals surface area (Å²) in [4.78, 5) is 37.9.